The van der Waals surface area contributed by atoms with E-state index in [1.54, 1.807) is 12.1 Å². The molecule has 128 valence electrons. The van der Waals surface area contributed by atoms with Crippen LogP contribution in [0.5, 0.6) is 11.5 Å². The number of nitrogens with zero attached hydrogens (tertiary/aromatic N) is 1. The summed E-state index contributed by atoms with van der Waals surface area (Å²) < 4.78 is 10.3. The Kier molecular flexibility index (Phi) is 4.52. The minimum Gasteiger partial charge on any atom is -0.493 e. The second-order valence-corrected chi connectivity index (χ2v) is 5.68. The van der Waals surface area contributed by atoms with Gasteiger partial charge in [-0.2, -0.15) is 0 Å². The van der Waals surface area contributed by atoms with Crippen LogP contribution >= 0.6 is 0 Å². The van der Waals surface area contributed by atoms with Crippen LogP contribution in [-0.4, -0.2) is 24.9 Å². The van der Waals surface area contributed by atoms with E-state index in [1.807, 2.05) is 18.2 Å². The van der Waals surface area contributed by atoms with Gasteiger partial charge in [0.15, 0.2) is 17.3 Å². The number of methoxy groups -OCH3 is 2. The second-order valence-electron chi connectivity index (χ2n) is 5.68. The van der Waals surface area contributed by atoms with Crippen molar-refractivity contribution < 1.29 is 19.2 Å². The van der Waals surface area contributed by atoms with E-state index >= 15 is 0 Å². The van der Waals surface area contributed by atoms with Gasteiger partial charge in [-0.15, -0.1) is 0 Å². The van der Waals surface area contributed by atoms with Gasteiger partial charge in [0.05, 0.1) is 30.8 Å². The molecule has 0 bridgehead atoms. The number of hydrogen-bond donors (Lipinski definition) is 0. The van der Waals surface area contributed by atoms with Crippen LogP contribution in [-0.2, 0) is 6.42 Å². The molecule has 0 heterocycles. The third-order valence-corrected chi connectivity index (χ3v) is 4.28. The minimum absolute atomic E-state index is 0.0917. The lowest BCUT2D eigenvalue weighted by atomic mass is 9.86. The number of aryl methyl sites for hydroxylation is 1. The summed E-state index contributed by atoms with van der Waals surface area (Å²) in [6.07, 6.45) is 2.86. The Morgan fingerprint density at radius 1 is 1.08 bits per heavy atom. The van der Waals surface area contributed by atoms with Crippen molar-refractivity contribution in [3.05, 3.63) is 68.8 Å². The van der Waals surface area contributed by atoms with Crippen molar-refractivity contribution in [2.24, 2.45) is 0 Å². The molecule has 2 aromatic rings. The van der Waals surface area contributed by atoms with Crippen LogP contribution in [0, 0.1) is 10.1 Å². The van der Waals surface area contributed by atoms with Crippen LogP contribution in [0.25, 0.3) is 6.08 Å². The summed E-state index contributed by atoms with van der Waals surface area (Å²) in [7, 11) is 2.88. The summed E-state index contributed by atoms with van der Waals surface area (Å²) in [6, 6.07) is 10.3. The Hall–Kier alpha value is -3.15. The molecule has 0 fully saturated rings. The summed E-state index contributed by atoms with van der Waals surface area (Å²) in [5.74, 6) is 0.561. The molecule has 0 spiro atoms. The van der Waals surface area contributed by atoms with Crippen LogP contribution in [0.1, 0.15) is 27.9 Å². The summed E-state index contributed by atoms with van der Waals surface area (Å²) in [5, 5.41) is 11.4. The van der Waals surface area contributed by atoms with E-state index in [1.165, 1.54) is 26.4 Å². The molecule has 1 aliphatic carbocycles. The van der Waals surface area contributed by atoms with Crippen molar-refractivity contribution in [3.8, 4) is 11.5 Å². The predicted octanol–water partition coefficient (Wildman–Crippen LogP) is 3.82. The smallest absolute Gasteiger partial charge is 0.280 e. The maximum atomic E-state index is 12.7. The fourth-order valence-electron chi connectivity index (χ4n) is 3.00. The SMILES string of the molecule is COc1cc(/C=C2/CCc3ccccc3C2=O)c([N+](=O)[O-])cc1OC. The zero-order chi connectivity index (χ0) is 18.0. The Morgan fingerprint density at radius 2 is 1.76 bits per heavy atom. The number of ketones is 1. The van der Waals surface area contributed by atoms with Crippen LogP contribution < -0.4 is 9.47 Å². The van der Waals surface area contributed by atoms with Gasteiger partial charge < -0.3 is 9.47 Å². The highest BCUT2D eigenvalue weighted by molar-refractivity contribution is 6.13. The molecular formula is C19H17NO5. The van der Waals surface area contributed by atoms with E-state index in [0.717, 1.165) is 12.0 Å². The molecule has 0 atom stereocenters. The molecule has 25 heavy (non-hydrogen) atoms. The quantitative estimate of drug-likeness (QED) is 0.480. The standard InChI is InChI=1S/C19H17NO5/c1-24-17-10-14(16(20(22)23)11-18(17)25-2)9-13-8-7-12-5-3-4-6-15(12)19(13)21/h3-6,9-11H,7-8H2,1-2H3/b13-9-. The van der Waals surface area contributed by atoms with E-state index in [0.29, 0.717) is 28.9 Å². The Morgan fingerprint density at radius 3 is 2.44 bits per heavy atom. The molecule has 6 heteroatoms. The molecule has 0 saturated carbocycles. The molecular weight excluding hydrogens is 322 g/mol. The molecule has 0 aliphatic heterocycles. The third kappa shape index (κ3) is 3.10. The van der Waals surface area contributed by atoms with Crippen molar-refractivity contribution in [2.45, 2.75) is 12.8 Å². The largest absolute Gasteiger partial charge is 0.493 e. The van der Waals surface area contributed by atoms with E-state index in [4.69, 9.17) is 9.47 Å². The summed E-state index contributed by atoms with van der Waals surface area (Å²) in [6.45, 7) is 0. The first-order chi connectivity index (χ1) is 12.0. The highest BCUT2D eigenvalue weighted by Crippen LogP contribution is 2.36. The summed E-state index contributed by atoms with van der Waals surface area (Å²) in [5.41, 5.74) is 2.41. The van der Waals surface area contributed by atoms with Gasteiger partial charge in [-0.25, -0.2) is 0 Å². The monoisotopic (exact) mass is 339 g/mol. The lowest BCUT2D eigenvalue weighted by molar-refractivity contribution is -0.385. The third-order valence-electron chi connectivity index (χ3n) is 4.28. The fraction of sp³-hybridized carbons (Fsp3) is 0.211. The van der Waals surface area contributed by atoms with Crippen LogP contribution in [0.15, 0.2) is 42.0 Å². The predicted molar refractivity (Wildman–Crippen MR) is 93.3 cm³/mol. The topological polar surface area (TPSA) is 78.7 Å². The van der Waals surface area contributed by atoms with Crippen LogP contribution in [0.3, 0.4) is 0 Å². The number of allylic oxidation sites excluding steroid dienone is 1. The number of benzene rings is 2. The van der Waals surface area contributed by atoms with E-state index < -0.39 is 4.92 Å². The molecule has 1 aliphatic rings. The number of rotatable bonds is 4. The van der Waals surface area contributed by atoms with Gasteiger partial charge in [0, 0.05) is 11.1 Å². The number of nitro benzene ring substituents is 1. The molecule has 6 nitrogen and oxygen atoms in total. The van der Waals surface area contributed by atoms with Gasteiger partial charge in [0.1, 0.15) is 0 Å². The van der Waals surface area contributed by atoms with E-state index in [2.05, 4.69) is 0 Å². The van der Waals surface area contributed by atoms with Crippen molar-refractivity contribution >= 4 is 17.5 Å². The Labute approximate surface area is 144 Å². The second kappa shape index (κ2) is 6.76. The van der Waals surface area contributed by atoms with Gasteiger partial charge in [-0.1, -0.05) is 24.3 Å². The number of hydrogen-bond acceptors (Lipinski definition) is 5. The summed E-state index contributed by atoms with van der Waals surface area (Å²) in [4.78, 5) is 23.6. The number of Topliss-reactive ketones (excluding diaryl/α,β-unsaturated/α-hetero) is 1. The average Bonchev–Trinajstić information content (AvgIpc) is 2.63. The average molecular weight is 339 g/mol. The number of ether oxygens (including phenoxy) is 2. The summed E-state index contributed by atoms with van der Waals surface area (Å²) >= 11 is 0. The fourth-order valence-corrected chi connectivity index (χ4v) is 3.00. The first-order valence-electron chi connectivity index (χ1n) is 7.78. The molecule has 0 radical (unpaired) electrons. The van der Waals surface area contributed by atoms with Crippen molar-refractivity contribution in [3.63, 3.8) is 0 Å². The number of fused-ring (bicyclic) bond motifs is 1. The molecule has 0 saturated heterocycles. The number of carbonyl (C=O) groups is 1. The Balaban J connectivity index is 2.09. The van der Waals surface area contributed by atoms with Gasteiger partial charge in [0.2, 0.25) is 0 Å². The molecule has 0 aromatic heterocycles. The lowest BCUT2D eigenvalue weighted by Crippen LogP contribution is -2.13. The minimum atomic E-state index is -0.490. The van der Waals surface area contributed by atoms with Crippen molar-refractivity contribution in [2.75, 3.05) is 14.2 Å². The van der Waals surface area contributed by atoms with Gasteiger partial charge in [-0.05, 0) is 30.5 Å². The van der Waals surface area contributed by atoms with E-state index in [-0.39, 0.29) is 17.2 Å². The normalized spacial score (nSPS) is 15.0. The number of nitro groups is 1. The number of carbonyl (C=O) groups excluding carboxylic acids is 1. The zero-order valence-electron chi connectivity index (χ0n) is 13.9. The molecule has 0 N–H and O–H groups in total. The first-order valence-corrected chi connectivity index (χ1v) is 7.78. The zero-order valence-corrected chi connectivity index (χ0v) is 13.9. The molecule has 0 unspecified atom stereocenters. The van der Waals surface area contributed by atoms with Crippen LogP contribution in [0.4, 0.5) is 5.69 Å². The highest BCUT2D eigenvalue weighted by Gasteiger charge is 2.24. The molecule has 2 aromatic carbocycles. The lowest BCUT2D eigenvalue weighted by Gasteiger charge is -2.17. The van der Waals surface area contributed by atoms with Crippen molar-refractivity contribution in [1.29, 1.82) is 0 Å². The molecule has 0 amide bonds. The van der Waals surface area contributed by atoms with Gasteiger partial charge in [-0.3, -0.25) is 14.9 Å². The highest BCUT2D eigenvalue weighted by atomic mass is 16.6. The van der Waals surface area contributed by atoms with Gasteiger partial charge >= 0.3 is 0 Å². The maximum absolute atomic E-state index is 12.7. The first kappa shape index (κ1) is 16.7. The maximum Gasteiger partial charge on any atom is 0.280 e. The Bertz CT molecular complexity index is 885. The van der Waals surface area contributed by atoms with Crippen LogP contribution in [0.2, 0.25) is 0 Å². The van der Waals surface area contributed by atoms with Gasteiger partial charge in [0.25, 0.3) is 5.69 Å². The molecule has 3 rings (SSSR count). The van der Waals surface area contributed by atoms with Crippen molar-refractivity contribution in [1.82, 2.24) is 0 Å². The van der Waals surface area contributed by atoms with E-state index in [9.17, 15) is 14.9 Å².